The molecule has 3 aromatic heterocycles. The number of anilines is 1. The Morgan fingerprint density at radius 3 is 2.53 bits per heavy atom. The monoisotopic (exact) mass is 417 g/mol. The van der Waals surface area contributed by atoms with E-state index in [0.29, 0.717) is 11.3 Å². The van der Waals surface area contributed by atoms with Gasteiger partial charge in [0.2, 0.25) is 0 Å². The van der Waals surface area contributed by atoms with E-state index in [2.05, 4.69) is 25.9 Å². The molecule has 0 atom stereocenters. The minimum Gasteiger partial charge on any atom is -0.355 e. The molecule has 150 valence electrons. The van der Waals surface area contributed by atoms with Crippen molar-refractivity contribution in [3.8, 4) is 11.3 Å². The predicted octanol–water partition coefficient (Wildman–Crippen LogP) is 3.09. The SMILES string of the molecule is CS(=O)(=O)c1ncccc1-c1nccnc1C1CN(c2ccc3ccccc3n2)C1. The average Bonchev–Trinajstić information content (AvgIpc) is 2.72. The third-order valence-electron chi connectivity index (χ3n) is 5.28. The molecule has 7 nitrogen and oxygen atoms in total. The fourth-order valence-corrected chi connectivity index (χ4v) is 4.61. The highest BCUT2D eigenvalue weighted by Gasteiger charge is 2.33. The molecule has 5 rings (SSSR count). The zero-order valence-corrected chi connectivity index (χ0v) is 17.1. The van der Waals surface area contributed by atoms with E-state index in [4.69, 9.17) is 4.98 Å². The fourth-order valence-electron chi connectivity index (χ4n) is 3.79. The Morgan fingerprint density at radius 2 is 1.70 bits per heavy atom. The smallest absolute Gasteiger partial charge is 0.193 e. The first-order chi connectivity index (χ1) is 14.5. The predicted molar refractivity (Wildman–Crippen MR) is 115 cm³/mol. The van der Waals surface area contributed by atoms with Crippen LogP contribution in [0.4, 0.5) is 5.82 Å². The number of para-hydroxylation sites is 1. The van der Waals surface area contributed by atoms with Crippen LogP contribution < -0.4 is 4.90 Å². The topological polar surface area (TPSA) is 88.9 Å². The molecule has 0 amide bonds. The Bertz CT molecular complexity index is 1350. The van der Waals surface area contributed by atoms with Crippen LogP contribution in [0.5, 0.6) is 0 Å². The number of aromatic nitrogens is 4. The molecule has 0 saturated carbocycles. The van der Waals surface area contributed by atoms with E-state index in [-0.39, 0.29) is 10.9 Å². The molecule has 30 heavy (non-hydrogen) atoms. The van der Waals surface area contributed by atoms with Crippen molar-refractivity contribution in [2.75, 3.05) is 24.2 Å². The van der Waals surface area contributed by atoms with Crippen molar-refractivity contribution in [2.24, 2.45) is 0 Å². The van der Waals surface area contributed by atoms with Crippen molar-refractivity contribution < 1.29 is 8.42 Å². The highest BCUT2D eigenvalue weighted by atomic mass is 32.2. The number of sulfone groups is 1. The number of pyridine rings is 2. The van der Waals surface area contributed by atoms with Crippen molar-refractivity contribution in [1.82, 2.24) is 19.9 Å². The van der Waals surface area contributed by atoms with Crippen LogP contribution in [0, 0.1) is 0 Å². The molecule has 1 aliphatic heterocycles. The van der Waals surface area contributed by atoms with Gasteiger partial charge in [0.1, 0.15) is 5.82 Å². The minimum atomic E-state index is -3.49. The van der Waals surface area contributed by atoms with Crippen LogP contribution in [0.1, 0.15) is 11.6 Å². The van der Waals surface area contributed by atoms with Crippen molar-refractivity contribution in [2.45, 2.75) is 10.9 Å². The van der Waals surface area contributed by atoms with Crippen LogP contribution in [0.25, 0.3) is 22.2 Å². The lowest BCUT2D eigenvalue weighted by Gasteiger charge is -2.40. The van der Waals surface area contributed by atoms with Gasteiger partial charge < -0.3 is 4.90 Å². The summed E-state index contributed by atoms with van der Waals surface area (Å²) in [5.41, 5.74) is 2.81. The molecule has 0 unspecified atom stereocenters. The van der Waals surface area contributed by atoms with Gasteiger partial charge in [-0.3, -0.25) is 9.97 Å². The molecule has 8 heteroatoms. The van der Waals surface area contributed by atoms with E-state index in [0.717, 1.165) is 41.8 Å². The molecule has 4 heterocycles. The molecule has 0 N–H and O–H groups in total. The number of hydrogen-bond donors (Lipinski definition) is 0. The van der Waals surface area contributed by atoms with E-state index < -0.39 is 9.84 Å². The fraction of sp³-hybridized carbons (Fsp3) is 0.182. The van der Waals surface area contributed by atoms with Gasteiger partial charge >= 0.3 is 0 Å². The average molecular weight is 417 g/mol. The maximum absolute atomic E-state index is 12.2. The standard InChI is InChI=1S/C22H19N5O2S/c1-30(28,29)22-17(6-4-10-25-22)21-20(23-11-12-24-21)16-13-27(14-16)19-9-8-15-5-2-3-7-18(15)26-19/h2-12,16H,13-14H2,1H3. The molecule has 0 radical (unpaired) electrons. The van der Waals surface area contributed by atoms with Crippen LogP contribution in [0.15, 0.2) is 72.1 Å². The highest BCUT2D eigenvalue weighted by molar-refractivity contribution is 7.90. The van der Waals surface area contributed by atoms with Gasteiger partial charge in [0, 0.05) is 54.8 Å². The second-order valence-electron chi connectivity index (χ2n) is 7.38. The van der Waals surface area contributed by atoms with Gasteiger partial charge in [-0.25, -0.2) is 18.4 Å². The quantitative estimate of drug-likeness (QED) is 0.504. The van der Waals surface area contributed by atoms with E-state index in [9.17, 15) is 8.42 Å². The summed E-state index contributed by atoms with van der Waals surface area (Å²) < 4.78 is 24.4. The lowest BCUT2D eigenvalue weighted by Crippen LogP contribution is -2.46. The van der Waals surface area contributed by atoms with Crippen molar-refractivity contribution in [1.29, 1.82) is 0 Å². The largest absolute Gasteiger partial charge is 0.355 e. The van der Waals surface area contributed by atoms with Gasteiger partial charge in [0.25, 0.3) is 0 Å². The van der Waals surface area contributed by atoms with Crippen LogP contribution in [-0.2, 0) is 9.84 Å². The van der Waals surface area contributed by atoms with Gasteiger partial charge in [-0.05, 0) is 30.3 Å². The number of benzene rings is 1. The maximum atomic E-state index is 12.2. The third-order valence-corrected chi connectivity index (χ3v) is 6.31. The van der Waals surface area contributed by atoms with E-state index >= 15 is 0 Å². The second kappa shape index (κ2) is 7.14. The number of rotatable bonds is 4. The summed E-state index contributed by atoms with van der Waals surface area (Å²) in [6.45, 7) is 1.48. The van der Waals surface area contributed by atoms with E-state index in [1.54, 1.807) is 24.5 Å². The molecule has 1 saturated heterocycles. The van der Waals surface area contributed by atoms with E-state index in [1.807, 2.05) is 30.3 Å². The van der Waals surface area contributed by atoms with Crippen LogP contribution in [0.2, 0.25) is 0 Å². The van der Waals surface area contributed by atoms with Gasteiger partial charge in [0.15, 0.2) is 14.9 Å². The molecule has 1 aromatic carbocycles. The summed E-state index contributed by atoms with van der Waals surface area (Å²) in [6.07, 6.45) is 5.86. The first-order valence-corrected chi connectivity index (χ1v) is 11.5. The van der Waals surface area contributed by atoms with Gasteiger partial charge in [0.05, 0.1) is 16.9 Å². The Kier molecular flexibility index (Phi) is 4.43. The second-order valence-corrected chi connectivity index (χ2v) is 9.31. The summed E-state index contributed by atoms with van der Waals surface area (Å²) in [5.74, 6) is 1.06. The van der Waals surface area contributed by atoms with Crippen LogP contribution >= 0.6 is 0 Å². The van der Waals surface area contributed by atoms with Crippen LogP contribution in [0.3, 0.4) is 0 Å². The Balaban J connectivity index is 1.45. The zero-order chi connectivity index (χ0) is 20.7. The number of nitrogens with zero attached hydrogens (tertiary/aromatic N) is 5. The van der Waals surface area contributed by atoms with Gasteiger partial charge in [-0.15, -0.1) is 0 Å². The molecule has 0 aliphatic carbocycles. The zero-order valence-electron chi connectivity index (χ0n) is 16.3. The van der Waals surface area contributed by atoms with Gasteiger partial charge in [-0.2, -0.15) is 0 Å². The lowest BCUT2D eigenvalue weighted by atomic mass is 9.92. The summed E-state index contributed by atoms with van der Waals surface area (Å²) >= 11 is 0. The van der Waals surface area contributed by atoms with Crippen molar-refractivity contribution in [3.63, 3.8) is 0 Å². The van der Waals surface area contributed by atoms with E-state index in [1.165, 1.54) is 6.20 Å². The highest BCUT2D eigenvalue weighted by Crippen LogP contribution is 2.36. The molecule has 1 fully saturated rings. The maximum Gasteiger partial charge on any atom is 0.193 e. The third kappa shape index (κ3) is 3.29. The summed E-state index contributed by atoms with van der Waals surface area (Å²) in [6, 6.07) is 15.6. The Morgan fingerprint density at radius 1 is 0.900 bits per heavy atom. The van der Waals surface area contributed by atoms with Crippen molar-refractivity contribution >= 4 is 26.6 Å². The summed E-state index contributed by atoms with van der Waals surface area (Å²) in [4.78, 5) is 20.0. The summed E-state index contributed by atoms with van der Waals surface area (Å²) in [7, 11) is -3.49. The molecular weight excluding hydrogens is 398 g/mol. The first-order valence-electron chi connectivity index (χ1n) is 9.58. The number of hydrogen-bond acceptors (Lipinski definition) is 7. The van der Waals surface area contributed by atoms with Crippen LogP contribution in [-0.4, -0.2) is 47.7 Å². The Labute approximate surface area is 174 Å². The number of fused-ring (bicyclic) bond motifs is 1. The molecular formula is C22H19N5O2S. The first kappa shape index (κ1) is 18.6. The molecule has 0 bridgehead atoms. The minimum absolute atomic E-state index is 0.0270. The normalized spacial score (nSPS) is 14.6. The van der Waals surface area contributed by atoms with Crippen molar-refractivity contribution in [3.05, 3.63) is 72.8 Å². The molecule has 1 aliphatic rings. The molecule has 4 aromatic rings. The van der Waals surface area contributed by atoms with Gasteiger partial charge in [-0.1, -0.05) is 18.2 Å². The molecule has 0 spiro atoms. The Hall–Kier alpha value is -3.39. The summed E-state index contributed by atoms with van der Waals surface area (Å²) in [5, 5.41) is 1.14. The lowest BCUT2D eigenvalue weighted by molar-refractivity contribution is 0.509.